The number of carbonyl (C=O) groups is 1. The number of nitro benzene ring substituents is 1. The highest BCUT2D eigenvalue weighted by Gasteiger charge is 2.23. The van der Waals surface area contributed by atoms with Gasteiger partial charge in [-0.05, 0) is 36.8 Å². The van der Waals surface area contributed by atoms with Gasteiger partial charge in [-0.3, -0.25) is 14.9 Å². The van der Waals surface area contributed by atoms with E-state index in [1.165, 1.54) is 24.5 Å². The van der Waals surface area contributed by atoms with E-state index in [1.807, 2.05) is 30.3 Å². The van der Waals surface area contributed by atoms with E-state index in [0.717, 1.165) is 5.56 Å². The molecule has 0 aliphatic rings. The van der Waals surface area contributed by atoms with Crippen LogP contribution in [-0.2, 0) is 0 Å². The summed E-state index contributed by atoms with van der Waals surface area (Å²) in [7, 11) is 0. The van der Waals surface area contributed by atoms with Crippen LogP contribution in [0.2, 0.25) is 0 Å². The summed E-state index contributed by atoms with van der Waals surface area (Å²) in [6.45, 7) is 2.03. The van der Waals surface area contributed by atoms with E-state index in [2.05, 4.69) is 5.32 Å². The van der Waals surface area contributed by atoms with Gasteiger partial charge in [-0.15, -0.1) is 0 Å². The van der Waals surface area contributed by atoms with Crippen LogP contribution in [0.4, 0.5) is 5.69 Å². The number of carbonyl (C=O) groups excluding carboxylic acids is 1. The molecule has 1 amide bonds. The molecule has 0 fully saturated rings. The summed E-state index contributed by atoms with van der Waals surface area (Å²) < 4.78 is 10.7. The van der Waals surface area contributed by atoms with Gasteiger partial charge < -0.3 is 14.5 Å². The Bertz CT molecular complexity index is 923. The van der Waals surface area contributed by atoms with Crippen LogP contribution in [0.1, 0.15) is 34.6 Å². The monoisotopic (exact) mass is 366 g/mol. The fourth-order valence-electron chi connectivity index (χ4n) is 2.71. The van der Waals surface area contributed by atoms with Crippen molar-refractivity contribution < 1.29 is 18.9 Å². The quantitative estimate of drug-likeness (QED) is 0.502. The predicted molar refractivity (Wildman–Crippen MR) is 98.7 cm³/mol. The van der Waals surface area contributed by atoms with Gasteiger partial charge in [0, 0.05) is 11.6 Å². The van der Waals surface area contributed by atoms with Crippen molar-refractivity contribution in [2.75, 3.05) is 6.61 Å². The third-order valence-electron chi connectivity index (χ3n) is 3.95. The average molecular weight is 366 g/mol. The van der Waals surface area contributed by atoms with Crippen molar-refractivity contribution in [2.24, 2.45) is 0 Å². The summed E-state index contributed by atoms with van der Waals surface area (Å²) >= 11 is 0. The topological polar surface area (TPSA) is 94.6 Å². The maximum Gasteiger partial charge on any atom is 0.311 e. The minimum Gasteiger partial charge on any atom is -0.487 e. The second-order valence-electron chi connectivity index (χ2n) is 5.71. The van der Waals surface area contributed by atoms with E-state index < -0.39 is 16.9 Å². The number of hydrogen-bond acceptors (Lipinski definition) is 5. The van der Waals surface area contributed by atoms with Crippen molar-refractivity contribution in [3.05, 3.63) is 93.9 Å². The van der Waals surface area contributed by atoms with Gasteiger partial charge in [0.1, 0.15) is 11.8 Å². The number of ether oxygens (including phenoxy) is 1. The predicted octanol–water partition coefficient (Wildman–Crippen LogP) is 4.11. The number of nitrogens with zero attached hydrogens (tertiary/aromatic N) is 1. The zero-order valence-corrected chi connectivity index (χ0v) is 14.6. The summed E-state index contributed by atoms with van der Waals surface area (Å²) in [6, 6.07) is 16.5. The number of nitrogens with one attached hydrogen (secondary N) is 1. The van der Waals surface area contributed by atoms with Crippen molar-refractivity contribution in [3.63, 3.8) is 0 Å². The van der Waals surface area contributed by atoms with E-state index in [-0.39, 0.29) is 17.0 Å². The molecule has 7 nitrogen and oxygen atoms in total. The largest absolute Gasteiger partial charge is 0.487 e. The molecule has 1 N–H and O–H groups in total. The second kappa shape index (κ2) is 8.18. The molecule has 0 aliphatic heterocycles. The minimum absolute atomic E-state index is 0.129. The Kier molecular flexibility index (Phi) is 5.51. The Balaban J connectivity index is 1.90. The van der Waals surface area contributed by atoms with E-state index >= 15 is 0 Å². The molecule has 1 aromatic heterocycles. The summed E-state index contributed by atoms with van der Waals surface area (Å²) in [4.78, 5) is 23.5. The van der Waals surface area contributed by atoms with Crippen molar-refractivity contribution in [1.82, 2.24) is 5.32 Å². The molecule has 0 saturated carbocycles. The number of rotatable bonds is 7. The van der Waals surface area contributed by atoms with Crippen molar-refractivity contribution >= 4 is 11.6 Å². The number of amides is 1. The second-order valence-corrected chi connectivity index (χ2v) is 5.71. The summed E-state index contributed by atoms with van der Waals surface area (Å²) in [6.07, 6.45) is 1.53. The molecular weight excluding hydrogens is 348 g/mol. The van der Waals surface area contributed by atoms with Crippen molar-refractivity contribution in [2.45, 2.75) is 13.0 Å². The summed E-state index contributed by atoms with van der Waals surface area (Å²) in [5.41, 5.74) is 0.748. The van der Waals surface area contributed by atoms with Crippen molar-refractivity contribution in [3.8, 4) is 5.75 Å². The molecule has 3 aromatic rings. The summed E-state index contributed by atoms with van der Waals surface area (Å²) in [5, 5.41) is 14.2. The SMILES string of the molecule is CCOc1ccc(C(=O)NC(c2ccccc2)c2ccco2)cc1[N+](=O)[O-]. The van der Waals surface area contributed by atoms with Crippen LogP contribution >= 0.6 is 0 Å². The zero-order valence-electron chi connectivity index (χ0n) is 14.6. The van der Waals surface area contributed by atoms with Gasteiger partial charge >= 0.3 is 5.69 Å². The van der Waals surface area contributed by atoms with Crippen LogP contribution < -0.4 is 10.1 Å². The molecule has 7 heteroatoms. The number of furan rings is 1. The Morgan fingerprint density at radius 1 is 1.19 bits per heavy atom. The Hall–Kier alpha value is -3.61. The van der Waals surface area contributed by atoms with Crippen LogP contribution in [-0.4, -0.2) is 17.4 Å². The Labute approximate surface area is 155 Å². The van der Waals surface area contributed by atoms with Gasteiger partial charge in [-0.25, -0.2) is 0 Å². The molecule has 0 radical (unpaired) electrons. The molecule has 138 valence electrons. The molecule has 1 heterocycles. The average Bonchev–Trinajstić information content (AvgIpc) is 3.21. The molecule has 0 saturated heterocycles. The lowest BCUT2D eigenvalue weighted by Gasteiger charge is -2.17. The fourth-order valence-corrected chi connectivity index (χ4v) is 2.71. The van der Waals surface area contributed by atoms with Gasteiger partial charge in [0.2, 0.25) is 0 Å². The molecule has 27 heavy (non-hydrogen) atoms. The molecular formula is C20H18N2O5. The molecule has 2 aromatic carbocycles. The zero-order chi connectivity index (χ0) is 19.2. The first-order chi connectivity index (χ1) is 13.1. The van der Waals surface area contributed by atoms with Gasteiger partial charge in [0.15, 0.2) is 5.75 Å². The highest BCUT2D eigenvalue weighted by atomic mass is 16.6. The highest BCUT2D eigenvalue weighted by molar-refractivity contribution is 5.95. The summed E-state index contributed by atoms with van der Waals surface area (Å²) in [5.74, 6) is 0.242. The highest BCUT2D eigenvalue weighted by Crippen LogP contribution is 2.29. The molecule has 0 bridgehead atoms. The lowest BCUT2D eigenvalue weighted by molar-refractivity contribution is -0.385. The first-order valence-electron chi connectivity index (χ1n) is 8.40. The van der Waals surface area contributed by atoms with Gasteiger partial charge in [0.25, 0.3) is 5.91 Å². The van der Waals surface area contributed by atoms with Crippen molar-refractivity contribution in [1.29, 1.82) is 0 Å². The van der Waals surface area contributed by atoms with Gasteiger partial charge in [0.05, 0.1) is 17.8 Å². The minimum atomic E-state index is -0.566. The standard InChI is InChI=1S/C20H18N2O5/c1-2-26-17-11-10-15(13-16(17)22(24)25)20(23)21-19(18-9-6-12-27-18)14-7-4-3-5-8-14/h3-13,19H,2H2,1H3,(H,21,23). The lowest BCUT2D eigenvalue weighted by atomic mass is 10.0. The number of hydrogen-bond donors (Lipinski definition) is 1. The number of benzene rings is 2. The Morgan fingerprint density at radius 3 is 2.59 bits per heavy atom. The first-order valence-corrected chi connectivity index (χ1v) is 8.40. The lowest BCUT2D eigenvalue weighted by Crippen LogP contribution is -2.29. The maximum atomic E-state index is 12.8. The molecule has 1 atom stereocenters. The van der Waals surface area contributed by atoms with E-state index in [1.54, 1.807) is 19.1 Å². The maximum absolute atomic E-state index is 12.8. The van der Waals surface area contributed by atoms with Crippen LogP contribution in [0, 0.1) is 10.1 Å². The normalized spacial score (nSPS) is 11.6. The van der Waals surface area contributed by atoms with Crippen LogP contribution in [0.3, 0.4) is 0 Å². The smallest absolute Gasteiger partial charge is 0.311 e. The van der Waals surface area contributed by atoms with E-state index in [0.29, 0.717) is 12.4 Å². The Morgan fingerprint density at radius 2 is 1.96 bits per heavy atom. The fraction of sp³-hybridized carbons (Fsp3) is 0.150. The third-order valence-corrected chi connectivity index (χ3v) is 3.95. The van der Waals surface area contributed by atoms with Gasteiger partial charge in [-0.2, -0.15) is 0 Å². The van der Waals surface area contributed by atoms with Crippen LogP contribution in [0.25, 0.3) is 0 Å². The molecule has 1 unspecified atom stereocenters. The molecule has 0 aliphatic carbocycles. The number of nitro groups is 1. The van der Waals surface area contributed by atoms with Gasteiger partial charge in [-0.1, -0.05) is 30.3 Å². The van der Waals surface area contributed by atoms with Crippen LogP contribution in [0.15, 0.2) is 71.3 Å². The van der Waals surface area contributed by atoms with E-state index in [9.17, 15) is 14.9 Å². The van der Waals surface area contributed by atoms with E-state index in [4.69, 9.17) is 9.15 Å². The molecule has 0 spiro atoms. The third kappa shape index (κ3) is 4.14. The first kappa shape index (κ1) is 18.2. The van der Waals surface area contributed by atoms with Crippen LogP contribution in [0.5, 0.6) is 5.75 Å². The molecule has 3 rings (SSSR count).